The zero-order valence-electron chi connectivity index (χ0n) is 14.0. The molecule has 4 nitrogen and oxygen atoms in total. The van der Waals surface area contributed by atoms with E-state index in [9.17, 15) is 4.79 Å². The molecule has 0 bridgehead atoms. The third-order valence-corrected chi connectivity index (χ3v) is 3.93. The number of carbonyl (C=O) groups is 1. The van der Waals surface area contributed by atoms with E-state index in [-0.39, 0.29) is 18.0 Å². The van der Waals surface area contributed by atoms with E-state index >= 15 is 0 Å². The summed E-state index contributed by atoms with van der Waals surface area (Å²) in [5.41, 5.74) is 8.32. The summed E-state index contributed by atoms with van der Waals surface area (Å²) in [6.45, 7) is 6.90. The summed E-state index contributed by atoms with van der Waals surface area (Å²) in [5, 5.41) is 2.95. The largest absolute Gasteiger partial charge is 0.399 e. The number of anilines is 2. The standard InChI is InChI=1S/C19H25N3O/c1-14(2)22(13-16-7-5-4-6-8-16)15(3)19(23)21-18-11-9-17(20)10-12-18/h4-12,14-15H,13,20H2,1-3H3,(H,21,23). The fraction of sp³-hybridized carbons (Fsp3) is 0.316. The lowest BCUT2D eigenvalue weighted by Gasteiger charge is -2.32. The van der Waals surface area contributed by atoms with Gasteiger partial charge in [-0.05, 0) is 50.6 Å². The predicted octanol–water partition coefficient (Wildman–Crippen LogP) is 3.51. The average Bonchev–Trinajstić information content (AvgIpc) is 2.55. The molecule has 0 heterocycles. The van der Waals surface area contributed by atoms with Crippen molar-refractivity contribution in [2.24, 2.45) is 0 Å². The molecule has 2 rings (SSSR count). The molecule has 1 unspecified atom stereocenters. The first-order valence-corrected chi connectivity index (χ1v) is 7.93. The highest BCUT2D eigenvalue weighted by Crippen LogP contribution is 2.15. The van der Waals surface area contributed by atoms with Crippen LogP contribution in [0.1, 0.15) is 26.3 Å². The maximum Gasteiger partial charge on any atom is 0.241 e. The number of hydrogen-bond donors (Lipinski definition) is 2. The minimum absolute atomic E-state index is 0.0144. The molecule has 23 heavy (non-hydrogen) atoms. The summed E-state index contributed by atoms with van der Waals surface area (Å²) in [6.07, 6.45) is 0. The van der Waals surface area contributed by atoms with Crippen molar-refractivity contribution in [1.29, 1.82) is 0 Å². The quantitative estimate of drug-likeness (QED) is 0.803. The Labute approximate surface area is 138 Å². The van der Waals surface area contributed by atoms with Crippen molar-refractivity contribution in [3.63, 3.8) is 0 Å². The second-order valence-corrected chi connectivity index (χ2v) is 6.04. The summed E-state index contributed by atoms with van der Waals surface area (Å²) in [6, 6.07) is 17.4. The molecule has 0 aromatic heterocycles. The molecule has 1 amide bonds. The molecular weight excluding hydrogens is 286 g/mol. The zero-order valence-corrected chi connectivity index (χ0v) is 14.0. The lowest BCUT2D eigenvalue weighted by atomic mass is 10.1. The smallest absolute Gasteiger partial charge is 0.241 e. The third-order valence-electron chi connectivity index (χ3n) is 3.93. The molecule has 2 aromatic carbocycles. The Hall–Kier alpha value is -2.33. The van der Waals surface area contributed by atoms with E-state index in [1.165, 1.54) is 5.56 Å². The van der Waals surface area contributed by atoms with Gasteiger partial charge in [0.1, 0.15) is 0 Å². The van der Waals surface area contributed by atoms with E-state index < -0.39 is 0 Å². The fourth-order valence-electron chi connectivity index (χ4n) is 2.52. The Balaban J connectivity index is 2.06. The number of carbonyl (C=O) groups excluding carboxylic acids is 1. The zero-order chi connectivity index (χ0) is 16.8. The molecule has 0 aliphatic rings. The number of amides is 1. The molecule has 0 aliphatic carbocycles. The predicted molar refractivity (Wildman–Crippen MR) is 96.1 cm³/mol. The lowest BCUT2D eigenvalue weighted by molar-refractivity contribution is -0.121. The van der Waals surface area contributed by atoms with Gasteiger partial charge in [-0.2, -0.15) is 0 Å². The van der Waals surface area contributed by atoms with E-state index in [1.807, 2.05) is 37.3 Å². The van der Waals surface area contributed by atoms with Crippen LogP contribution in [-0.2, 0) is 11.3 Å². The Morgan fingerprint density at radius 1 is 1.04 bits per heavy atom. The highest BCUT2D eigenvalue weighted by molar-refractivity contribution is 5.94. The molecule has 0 spiro atoms. The lowest BCUT2D eigenvalue weighted by Crippen LogP contribution is -2.45. The second kappa shape index (κ2) is 7.79. The van der Waals surface area contributed by atoms with Crippen LogP contribution >= 0.6 is 0 Å². The van der Waals surface area contributed by atoms with Crippen molar-refractivity contribution >= 4 is 17.3 Å². The van der Waals surface area contributed by atoms with Gasteiger partial charge in [-0.15, -0.1) is 0 Å². The summed E-state index contributed by atoms with van der Waals surface area (Å²) in [4.78, 5) is 14.7. The van der Waals surface area contributed by atoms with Gasteiger partial charge in [0.2, 0.25) is 5.91 Å². The molecule has 0 aliphatic heterocycles. The summed E-state index contributed by atoms with van der Waals surface area (Å²) in [5.74, 6) is -0.0144. The molecule has 0 saturated heterocycles. The first-order chi connectivity index (χ1) is 11.0. The van der Waals surface area contributed by atoms with Crippen LogP contribution in [0, 0.1) is 0 Å². The maximum absolute atomic E-state index is 12.5. The van der Waals surface area contributed by atoms with Crippen molar-refractivity contribution in [2.75, 3.05) is 11.1 Å². The van der Waals surface area contributed by atoms with Crippen molar-refractivity contribution in [3.8, 4) is 0 Å². The number of nitrogens with two attached hydrogens (primary N) is 1. The Morgan fingerprint density at radius 2 is 1.65 bits per heavy atom. The van der Waals surface area contributed by atoms with Gasteiger partial charge >= 0.3 is 0 Å². The number of benzene rings is 2. The van der Waals surface area contributed by atoms with Crippen molar-refractivity contribution in [1.82, 2.24) is 4.90 Å². The van der Waals surface area contributed by atoms with E-state index in [2.05, 4.69) is 36.2 Å². The van der Waals surface area contributed by atoms with Gasteiger partial charge in [0.15, 0.2) is 0 Å². The minimum atomic E-state index is -0.229. The summed E-state index contributed by atoms with van der Waals surface area (Å²) in [7, 11) is 0. The van der Waals surface area contributed by atoms with Crippen LogP contribution in [-0.4, -0.2) is 22.9 Å². The van der Waals surface area contributed by atoms with Gasteiger partial charge < -0.3 is 11.1 Å². The van der Waals surface area contributed by atoms with Crippen LogP contribution in [0.15, 0.2) is 54.6 Å². The molecule has 0 radical (unpaired) electrons. The highest BCUT2D eigenvalue weighted by atomic mass is 16.2. The van der Waals surface area contributed by atoms with Crippen LogP contribution in [0.5, 0.6) is 0 Å². The van der Waals surface area contributed by atoms with Crippen molar-refractivity contribution in [3.05, 3.63) is 60.2 Å². The van der Waals surface area contributed by atoms with E-state index in [0.717, 1.165) is 12.2 Å². The summed E-state index contributed by atoms with van der Waals surface area (Å²) >= 11 is 0. The molecular formula is C19H25N3O. The van der Waals surface area contributed by atoms with Gasteiger partial charge in [0.05, 0.1) is 6.04 Å². The average molecular weight is 311 g/mol. The number of rotatable bonds is 6. The number of nitrogen functional groups attached to an aromatic ring is 1. The molecule has 4 heteroatoms. The Bertz CT molecular complexity index is 623. The van der Waals surface area contributed by atoms with Gasteiger partial charge in [-0.1, -0.05) is 30.3 Å². The third kappa shape index (κ3) is 4.83. The number of nitrogens with one attached hydrogen (secondary N) is 1. The molecule has 2 aromatic rings. The first-order valence-electron chi connectivity index (χ1n) is 7.93. The molecule has 3 N–H and O–H groups in total. The summed E-state index contributed by atoms with van der Waals surface area (Å²) < 4.78 is 0. The van der Waals surface area contributed by atoms with Crippen molar-refractivity contribution in [2.45, 2.75) is 39.4 Å². The fourth-order valence-corrected chi connectivity index (χ4v) is 2.52. The minimum Gasteiger partial charge on any atom is -0.399 e. The number of nitrogens with zero attached hydrogens (tertiary/aromatic N) is 1. The van der Waals surface area contributed by atoms with Crippen LogP contribution in [0.4, 0.5) is 11.4 Å². The topological polar surface area (TPSA) is 58.4 Å². The molecule has 0 fully saturated rings. The van der Waals surface area contributed by atoms with Crippen LogP contribution in [0.25, 0.3) is 0 Å². The monoisotopic (exact) mass is 311 g/mol. The molecule has 0 saturated carbocycles. The van der Waals surface area contributed by atoms with Gasteiger partial charge in [-0.3, -0.25) is 9.69 Å². The van der Waals surface area contributed by atoms with Crippen molar-refractivity contribution < 1.29 is 4.79 Å². The van der Waals surface area contributed by atoms with E-state index in [0.29, 0.717) is 5.69 Å². The van der Waals surface area contributed by atoms with E-state index in [1.54, 1.807) is 12.1 Å². The first kappa shape index (κ1) is 17.0. The van der Waals surface area contributed by atoms with Gasteiger partial charge in [-0.25, -0.2) is 0 Å². The highest BCUT2D eigenvalue weighted by Gasteiger charge is 2.23. The van der Waals surface area contributed by atoms with Gasteiger partial charge in [0, 0.05) is 24.0 Å². The van der Waals surface area contributed by atoms with E-state index in [4.69, 9.17) is 5.73 Å². The van der Waals surface area contributed by atoms with Gasteiger partial charge in [0.25, 0.3) is 0 Å². The molecule has 122 valence electrons. The Kier molecular flexibility index (Phi) is 5.77. The Morgan fingerprint density at radius 3 is 2.22 bits per heavy atom. The second-order valence-electron chi connectivity index (χ2n) is 6.04. The maximum atomic E-state index is 12.5. The number of hydrogen-bond acceptors (Lipinski definition) is 3. The SMILES string of the molecule is CC(C)N(Cc1ccccc1)C(C)C(=O)Nc1ccc(N)cc1. The normalized spacial score (nSPS) is 12.4. The van der Waals surface area contributed by atoms with Crippen LogP contribution in [0.3, 0.4) is 0 Å². The van der Waals surface area contributed by atoms with Crippen LogP contribution in [0.2, 0.25) is 0 Å². The van der Waals surface area contributed by atoms with Crippen LogP contribution < -0.4 is 11.1 Å². The molecule has 1 atom stereocenters.